The summed E-state index contributed by atoms with van der Waals surface area (Å²) in [5, 5.41) is 16.4. The number of aliphatic carboxylic acids is 1. The first kappa shape index (κ1) is 13.5. The monoisotopic (exact) mass is 291 g/mol. The third kappa shape index (κ3) is 2.14. The number of alkyl halides is 1. The highest BCUT2D eigenvalue weighted by molar-refractivity contribution is 6.06. The molecule has 1 saturated heterocycles. The first-order valence-electron chi connectivity index (χ1n) is 6.56. The van der Waals surface area contributed by atoms with Gasteiger partial charge in [0.1, 0.15) is 0 Å². The number of likely N-dealkylation sites (tertiary alicyclic amines) is 1. The van der Waals surface area contributed by atoms with E-state index in [1.54, 1.807) is 12.3 Å². The smallest absolute Gasteiger partial charge is 0.343 e. The molecule has 2 aromatic rings. The molecule has 0 saturated carbocycles. The van der Waals surface area contributed by atoms with E-state index in [0.717, 1.165) is 10.9 Å². The Morgan fingerprint density at radius 3 is 2.90 bits per heavy atom. The minimum Gasteiger partial charge on any atom is -0.479 e. The standard InChI is InChI=1S/C14H14FN3O3/c1-8-4-9-6-16-17-11(9)10(5-8)12(19)18-3-2-14(15,7-18)13(20)21/h4-6H,2-3,7H2,1H3,(H,16,17)(H,20,21). The number of carbonyl (C=O) groups is 2. The summed E-state index contributed by atoms with van der Waals surface area (Å²) in [6.07, 6.45) is 1.42. The molecule has 0 bridgehead atoms. The Hall–Kier alpha value is -2.44. The van der Waals surface area contributed by atoms with Crippen LogP contribution in [0, 0.1) is 6.92 Å². The maximum Gasteiger partial charge on any atom is 0.343 e. The van der Waals surface area contributed by atoms with Crippen molar-refractivity contribution in [3.8, 4) is 0 Å². The fourth-order valence-electron chi connectivity index (χ4n) is 2.67. The van der Waals surface area contributed by atoms with Gasteiger partial charge >= 0.3 is 5.97 Å². The van der Waals surface area contributed by atoms with E-state index in [2.05, 4.69) is 10.2 Å². The number of carboxylic acid groups (broad SMARTS) is 1. The van der Waals surface area contributed by atoms with Gasteiger partial charge < -0.3 is 10.0 Å². The lowest BCUT2D eigenvalue weighted by molar-refractivity contribution is -0.149. The number of fused-ring (bicyclic) bond motifs is 1. The summed E-state index contributed by atoms with van der Waals surface area (Å²) in [5.74, 6) is -1.90. The molecule has 1 amide bonds. The SMILES string of the molecule is Cc1cc(C(=O)N2CCC(F)(C(=O)O)C2)c2[nH]ncc2c1. The third-order valence-corrected chi connectivity index (χ3v) is 3.81. The Kier molecular flexibility index (Phi) is 2.93. The average Bonchev–Trinajstić information content (AvgIpc) is 3.04. The van der Waals surface area contributed by atoms with Gasteiger partial charge in [0.25, 0.3) is 5.91 Å². The first-order valence-corrected chi connectivity index (χ1v) is 6.56. The van der Waals surface area contributed by atoms with Gasteiger partial charge in [0.05, 0.1) is 23.8 Å². The van der Waals surface area contributed by atoms with Gasteiger partial charge in [-0.2, -0.15) is 5.10 Å². The summed E-state index contributed by atoms with van der Waals surface area (Å²) < 4.78 is 14.1. The Bertz CT molecular complexity index is 742. The number of benzene rings is 1. The van der Waals surface area contributed by atoms with Crippen LogP contribution in [-0.4, -0.2) is 50.8 Å². The number of aromatic amines is 1. The van der Waals surface area contributed by atoms with Crippen LogP contribution in [0.4, 0.5) is 4.39 Å². The van der Waals surface area contributed by atoms with Crippen LogP contribution in [0.1, 0.15) is 22.3 Å². The molecule has 110 valence electrons. The third-order valence-electron chi connectivity index (χ3n) is 3.81. The van der Waals surface area contributed by atoms with Gasteiger partial charge in [-0.25, -0.2) is 9.18 Å². The van der Waals surface area contributed by atoms with Crippen molar-refractivity contribution in [3.63, 3.8) is 0 Å². The van der Waals surface area contributed by atoms with Crippen molar-refractivity contribution in [2.24, 2.45) is 0 Å². The zero-order valence-electron chi connectivity index (χ0n) is 11.4. The summed E-state index contributed by atoms with van der Waals surface area (Å²) in [6, 6.07) is 3.58. The number of amides is 1. The van der Waals surface area contributed by atoms with Gasteiger partial charge in [0, 0.05) is 18.4 Å². The summed E-state index contributed by atoms with van der Waals surface area (Å²) in [4.78, 5) is 24.7. The van der Waals surface area contributed by atoms with Gasteiger partial charge in [-0.05, 0) is 24.6 Å². The fraction of sp³-hybridized carbons (Fsp3) is 0.357. The number of hydrogen-bond donors (Lipinski definition) is 2. The molecule has 1 aromatic carbocycles. The second kappa shape index (κ2) is 4.54. The molecule has 2 heterocycles. The number of nitrogens with zero attached hydrogens (tertiary/aromatic N) is 2. The van der Waals surface area contributed by atoms with E-state index >= 15 is 0 Å². The molecule has 1 aliphatic heterocycles. The van der Waals surface area contributed by atoms with Crippen molar-refractivity contribution in [2.75, 3.05) is 13.1 Å². The summed E-state index contributed by atoms with van der Waals surface area (Å²) in [7, 11) is 0. The fourth-order valence-corrected chi connectivity index (χ4v) is 2.67. The molecule has 6 nitrogen and oxygen atoms in total. The van der Waals surface area contributed by atoms with E-state index < -0.39 is 18.2 Å². The van der Waals surface area contributed by atoms with Crippen LogP contribution in [0.2, 0.25) is 0 Å². The Morgan fingerprint density at radius 2 is 2.24 bits per heavy atom. The molecule has 7 heteroatoms. The molecule has 1 aromatic heterocycles. The highest BCUT2D eigenvalue weighted by Crippen LogP contribution is 2.28. The zero-order valence-corrected chi connectivity index (χ0v) is 11.4. The Balaban J connectivity index is 1.95. The summed E-state index contributed by atoms with van der Waals surface area (Å²) in [6.45, 7) is 1.51. The number of halogens is 1. The summed E-state index contributed by atoms with van der Waals surface area (Å²) in [5.41, 5.74) is -0.502. The van der Waals surface area contributed by atoms with E-state index in [1.807, 2.05) is 13.0 Å². The molecule has 1 aliphatic rings. The van der Waals surface area contributed by atoms with Gasteiger partial charge in [-0.3, -0.25) is 9.89 Å². The van der Waals surface area contributed by atoms with E-state index in [-0.39, 0.29) is 18.9 Å². The molecule has 21 heavy (non-hydrogen) atoms. The lowest BCUT2D eigenvalue weighted by Crippen LogP contribution is -2.39. The van der Waals surface area contributed by atoms with Gasteiger partial charge in [0.2, 0.25) is 5.67 Å². The van der Waals surface area contributed by atoms with Crippen molar-refractivity contribution >= 4 is 22.8 Å². The molecular formula is C14H14FN3O3. The highest BCUT2D eigenvalue weighted by atomic mass is 19.1. The number of aryl methyl sites for hydroxylation is 1. The molecule has 1 fully saturated rings. The number of hydrogen-bond acceptors (Lipinski definition) is 3. The Labute approximate surface area is 119 Å². The van der Waals surface area contributed by atoms with E-state index in [9.17, 15) is 14.0 Å². The van der Waals surface area contributed by atoms with Gasteiger partial charge in [-0.15, -0.1) is 0 Å². The minimum atomic E-state index is -2.35. The van der Waals surface area contributed by atoms with E-state index in [4.69, 9.17) is 5.11 Å². The molecular weight excluding hydrogens is 277 g/mol. The number of aromatic nitrogens is 2. The van der Waals surface area contributed by atoms with Gasteiger partial charge in [0.15, 0.2) is 0 Å². The van der Waals surface area contributed by atoms with Crippen LogP contribution in [0.5, 0.6) is 0 Å². The minimum absolute atomic E-state index is 0.0885. The van der Waals surface area contributed by atoms with Crippen LogP contribution in [0.3, 0.4) is 0 Å². The van der Waals surface area contributed by atoms with E-state index in [0.29, 0.717) is 11.1 Å². The van der Waals surface area contributed by atoms with Crippen LogP contribution in [-0.2, 0) is 4.79 Å². The number of nitrogens with one attached hydrogen (secondary N) is 1. The normalized spacial score (nSPS) is 21.9. The zero-order chi connectivity index (χ0) is 15.2. The topological polar surface area (TPSA) is 86.3 Å². The molecule has 0 radical (unpaired) electrons. The Morgan fingerprint density at radius 1 is 1.48 bits per heavy atom. The highest BCUT2D eigenvalue weighted by Gasteiger charge is 2.47. The van der Waals surface area contributed by atoms with Crippen molar-refractivity contribution in [1.29, 1.82) is 0 Å². The maximum atomic E-state index is 14.1. The molecule has 1 unspecified atom stereocenters. The van der Waals surface area contributed by atoms with Crippen LogP contribution in [0.25, 0.3) is 10.9 Å². The second-order valence-electron chi connectivity index (χ2n) is 5.39. The molecule has 0 spiro atoms. The predicted octanol–water partition coefficient (Wildman–Crippen LogP) is 1.51. The van der Waals surface area contributed by atoms with Gasteiger partial charge in [-0.1, -0.05) is 0 Å². The molecule has 0 aliphatic carbocycles. The van der Waals surface area contributed by atoms with Crippen molar-refractivity contribution in [1.82, 2.24) is 15.1 Å². The van der Waals surface area contributed by atoms with Crippen molar-refractivity contribution in [2.45, 2.75) is 19.0 Å². The average molecular weight is 291 g/mol. The number of H-pyrrole nitrogens is 1. The van der Waals surface area contributed by atoms with Crippen LogP contribution >= 0.6 is 0 Å². The molecule has 1 atom stereocenters. The quantitative estimate of drug-likeness (QED) is 0.878. The second-order valence-corrected chi connectivity index (χ2v) is 5.39. The first-order chi connectivity index (χ1) is 9.90. The molecule has 3 rings (SSSR count). The maximum absolute atomic E-state index is 14.1. The van der Waals surface area contributed by atoms with Crippen LogP contribution in [0.15, 0.2) is 18.3 Å². The number of carbonyl (C=O) groups excluding carboxylic acids is 1. The number of carboxylic acids is 1. The molecule has 2 N–H and O–H groups in total. The van der Waals surface area contributed by atoms with Crippen LogP contribution < -0.4 is 0 Å². The van der Waals surface area contributed by atoms with Crippen molar-refractivity contribution < 1.29 is 19.1 Å². The number of rotatable bonds is 2. The van der Waals surface area contributed by atoms with E-state index in [1.165, 1.54) is 4.90 Å². The largest absolute Gasteiger partial charge is 0.479 e. The lowest BCUT2D eigenvalue weighted by Gasteiger charge is -2.18. The summed E-state index contributed by atoms with van der Waals surface area (Å²) >= 11 is 0. The van der Waals surface area contributed by atoms with Crippen molar-refractivity contribution in [3.05, 3.63) is 29.5 Å². The predicted molar refractivity (Wildman–Crippen MR) is 72.8 cm³/mol. The lowest BCUT2D eigenvalue weighted by atomic mass is 10.1.